The molecule has 154 valence electrons. The number of halogens is 2. The molecule has 0 unspecified atom stereocenters. The van der Waals surface area contributed by atoms with Crippen LogP contribution in [0.1, 0.15) is 10.4 Å². The minimum Gasteiger partial charge on any atom is -0.322 e. The molecule has 1 heterocycles. The molecule has 0 bridgehead atoms. The molecule has 1 aromatic heterocycles. The molecule has 0 saturated carbocycles. The number of hydrogen-bond acceptors (Lipinski definition) is 3. The molecule has 0 aliphatic rings. The van der Waals surface area contributed by atoms with Gasteiger partial charge in [0.25, 0.3) is 5.91 Å². The van der Waals surface area contributed by atoms with Gasteiger partial charge in [0, 0.05) is 27.9 Å². The number of rotatable bonds is 5. The summed E-state index contributed by atoms with van der Waals surface area (Å²) in [4.78, 5) is 18.5. The highest BCUT2D eigenvalue weighted by Gasteiger charge is 2.15. The van der Waals surface area contributed by atoms with Crippen LogP contribution in [0.3, 0.4) is 0 Å². The fraction of sp³-hybridized carbons (Fsp3) is 0.0400. The Balaban J connectivity index is 1.69. The Morgan fingerprint density at radius 3 is 2.48 bits per heavy atom. The summed E-state index contributed by atoms with van der Waals surface area (Å²) in [6.07, 6.45) is 3.66. The third-order valence-electron chi connectivity index (χ3n) is 4.79. The summed E-state index contributed by atoms with van der Waals surface area (Å²) in [6, 6.07) is 22.6. The van der Waals surface area contributed by atoms with E-state index >= 15 is 0 Å². The van der Waals surface area contributed by atoms with Crippen LogP contribution in [0.5, 0.6) is 0 Å². The van der Waals surface area contributed by atoms with Gasteiger partial charge < -0.3 is 5.32 Å². The van der Waals surface area contributed by atoms with Gasteiger partial charge in [0.2, 0.25) is 0 Å². The largest absolute Gasteiger partial charge is 0.322 e. The number of thioether (sulfide) groups is 1. The van der Waals surface area contributed by atoms with Gasteiger partial charge in [-0.05, 0) is 78.0 Å². The number of benzene rings is 3. The molecular formula is C25H18ClFN2OS. The molecule has 3 nitrogen and oxygen atoms in total. The molecule has 0 radical (unpaired) electrons. The van der Waals surface area contributed by atoms with Crippen molar-refractivity contribution in [2.75, 3.05) is 11.6 Å². The molecule has 0 aliphatic heterocycles. The summed E-state index contributed by atoms with van der Waals surface area (Å²) in [7, 11) is 0. The second-order valence-corrected chi connectivity index (χ2v) is 8.07. The Morgan fingerprint density at radius 1 is 0.968 bits per heavy atom. The van der Waals surface area contributed by atoms with Crippen molar-refractivity contribution < 1.29 is 9.18 Å². The van der Waals surface area contributed by atoms with Crippen LogP contribution in [0.4, 0.5) is 10.1 Å². The smallest absolute Gasteiger partial charge is 0.256 e. The average molecular weight is 449 g/mol. The molecular weight excluding hydrogens is 431 g/mol. The zero-order chi connectivity index (χ0) is 21.8. The lowest BCUT2D eigenvalue weighted by Crippen LogP contribution is -2.13. The van der Waals surface area contributed by atoms with Gasteiger partial charge in [-0.2, -0.15) is 0 Å². The van der Waals surface area contributed by atoms with Gasteiger partial charge in [0.1, 0.15) is 5.82 Å². The SMILES string of the molecule is CSc1ccc(C(=O)Nc2ccc(Cl)c(-c3ccccn3)c2)c(-c2ccc(F)cc2)c1. The van der Waals surface area contributed by atoms with Gasteiger partial charge in [-0.1, -0.05) is 29.8 Å². The van der Waals surface area contributed by atoms with Gasteiger partial charge in [-0.25, -0.2) is 4.39 Å². The molecule has 0 saturated heterocycles. The van der Waals surface area contributed by atoms with Gasteiger partial charge in [-0.3, -0.25) is 9.78 Å². The maximum Gasteiger partial charge on any atom is 0.256 e. The predicted molar refractivity (Wildman–Crippen MR) is 126 cm³/mol. The first-order valence-corrected chi connectivity index (χ1v) is 11.1. The molecule has 4 rings (SSSR count). The van der Waals surface area contributed by atoms with Crippen molar-refractivity contribution in [2.45, 2.75) is 4.90 Å². The molecule has 1 N–H and O–H groups in total. The van der Waals surface area contributed by atoms with Crippen molar-refractivity contribution in [1.29, 1.82) is 0 Å². The van der Waals surface area contributed by atoms with Crippen LogP contribution >= 0.6 is 23.4 Å². The lowest BCUT2D eigenvalue weighted by atomic mass is 9.99. The van der Waals surface area contributed by atoms with E-state index in [0.717, 1.165) is 27.3 Å². The molecule has 0 atom stereocenters. The molecule has 4 aromatic rings. The second-order valence-electron chi connectivity index (χ2n) is 6.78. The minimum absolute atomic E-state index is 0.263. The fourth-order valence-electron chi connectivity index (χ4n) is 3.24. The van der Waals surface area contributed by atoms with Crippen molar-refractivity contribution in [1.82, 2.24) is 4.98 Å². The van der Waals surface area contributed by atoms with E-state index in [1.54, 1.807) is 54.4 Å². The number of nitrogens with one attached hydrogen (secondary N) is 1. The second kappa shape index (κ2) is 9.33. The van der Waals surface area contributed by atoms with Crippen molar-refractivity contribution in [3.05, 3.63) is 101 Å². The van der Waals surface area contributed by atoms with Crippen molar-refractivity contribution in [3.63, 3.8) is 0 Å². The lowest BCUT2D eigenvalue weighted by molar-refractivity contribution is 0.102. The van der Waals surface area contributed by atoms with Crippen LogP contribution in [0.25, 0.3) is 22.4 Å². The first kappa shape index (κ1) is 21.1. The number of hydrogen-bond donors (Lipinski definition) is 1. The van der Waals surface area contributed by atoms with Crippen molar-refractivity contribution >= 4 is 35.0 Å². The first-order valence-electron chi connectivity index (χ1n) is 9.51. The van der Waals surface area contributed by atoms with E-state index < -0.39 is 0 Å². The molecule has 0 fully saturated rings. The van der Waals surface area contributed by atoms with E-state index in [0.29, 0.717) is 16.3 Å². The highest BCUT2D eigenvalue weighted by molar-refractivity contribution is 7.98. The summed E-state index contributed by atoms with van der Waals surface area (Å²) < 4.78 is 13.4. The van der Waals surface area contributed by atoms with Crippen LogP contribution in [0, 0.1) is 5.82 Å². The summed E-state index contributed by atoms with van der Waals surface area (Å²) in [5.74, 6) is -0.583. The summed E-state index contributed by atoms with van der Waals surface area (Å²) in [5.41, 5.74) is 4.07. The number of pyridine rings is 1. The third kappa shape index (κ3) is 4.79. The molecule has 3 aromatic carbocycles. The first-order chi connectivity index (χ1) is 15.0. The monoisotopic (exact) mass is 448 g/mol. The van der Waals surface area contributed by atoms with E-state index in [2.05, 4.69) is 10.3 Å². The number of carbonyl (C=O) groups excluding carboxylic acids is 1. The van der Waals surface area contributed by atoms with Crippen molar-refractivity contribution in [2.24, 2.45) is 0 Å². The Bertz CT molecular complexity index is 1230. The van der Waals surface area contributed by atoms with Gasteiger partial charge in [0.05, 0.1) is 10.7 Å². The molecule has 31 heavy (non-hydrogen) atoms. The zero-order valence-electron chi connectivity index (χ0n) is 16.6. The number of nitrogens with zero attached hydrogens (tertiary/aromatic N) is 1. The summed E-state index contributed by atoms with van der Waals surface area (Å²) in [5, 5.41) is 3.50. The topological polar surface area (TPSA) is 42.0 Å². The number of aromatic nitrogens is 1. The van der Waals surface area contributed by atoms with Crippen LogP contribution in [-0.4, -0.2) is 17.1 Å². The normalized spacial score (nSPS) is 10.7. The minimum atomic E-state index is -0.320. The van der Waals surface area contributed by atoms with E-state index in [1.165, 1.54) is 12.1 Å². The van der Waals surface area contributed by atoms with Crippen LogP contribution in [-0.2, 0) is 0 Å². The summed E-state index contributed by atoms with van der Waals surface area (Å²) >= 11 is 7.93. The van der Waals surface area contributed by atoms with E-state index in [4.69, 9.17) is 11.6 Å². The highest BCUT2D eigenvalue weighted by atomic mass is 35.5. The fourth-order valence-corrected chi connectivity index (χ4v) is 3.89. The average Bonchev–Trinajstić information content (AvgIpc) is 2.81. The zero-order valence-corrected chi connectivity index (χ0v) is 18.2. The third-order valence-corrected chi connectivity index (χ3v) is 5.85. The van der Waals surface area contributed by atoms with Crippen LogP contribution < -0.4 is 5.32 Å². The predicted octanol–water partition coefficient (Wildman–Crippen LogP) is 7.18. The standard InChI is InChI=1S/C25H18ClFN2OS/c1-31-19-10-11-20(21(15-19)16-5-7-17(27)8-6-16)25(30)29-18-9-12-23(26)22(14-18)24-4-2-3-13-28-24/h2-15H,1H3,(H,29,30). The maximum atomic E-state index is 13.4. The quantitative estimate of drug-likeness (QED) is 0.329. The molecule has 6 heteroatoms. The van der Waals surface area contributed by atoms with E-state index in [9.17, 15) is 9.18 Å². The van der Waals surface area contributed by atoms with Gasteiger partial charge in [0.15, 0.2) is 0 Å². The Hall–Kier alpha value is -3.15. The van der Waals surface area contributed by atoms with E-state index in [1.807, 2.05) is 36.6 Å². The highest BCUT2D eigenvalue weighted by Crippen LogP contribution is 2.31. The van der Waals surface area contributed by atoms with Gasteiger partial charge >= 0.3 is 0 Å². The maximum absolute atomic E-state index is 13.4. The Kier molecular flexibility index (Phi) is 6.35. The number of carbonyl (C=O) groups is 1. The molecule has 1 amide bonds. The number of amides is 1. The molecule has 0 aliphatic carbocycles. The molecule has 0 spiro atoms. The van der Waals surface area contributed by atoms with Gasteiger partial charge in [-0.15, -0.1) is 11.8 Å². The Morgan fingerprint density at radius 2 is 1.77 bits per heavy atom. The van der Waals surface area contributed by atoms with Crippen LogP contribution in [0.2, 0.25) is 5.02 Å². The van der Waals surface area contributed by atoms with Crippen LogP contribution in [0.15, 0.2) is 90.0 Å². The Labute approximate surface area is 189 Å². The summed E-state index contributed by atoms with van der Waals surface area (Å²) in [6.45, 7) is 0. The van der Waals surface area contributed by atoms with E-state index in [-0.39, 0.29) is 11.7 Å². The lowest BCUT2D eigenvalue weighted by Gasteiger charge is -2.13. The van der Waals surface area contributed by atoms with Crippen molar-refractivity contribution in [3.8, 4) is 22.4 Å². The number of anilines is 1.